The maximum atomic E-state index is 15.5. The van der Waals surface area contributed by atoms with Crippen molar-refractivity contribution in [2.24, 2.45) is 5.92 Å². The second kappa shape index (κ2) is 7.30. The summed E-state index contributed by atoms with van der Waals surface area (Å²) in [4.78, 5) is 14.9. The van der Waals surface area contributed by atoms with Gasteiger partial charge in [0.2, 0.25) is 0 Å². The highest BCUT2D eigenvalue weighted by molar-refractivity contribution is 6.31. The smallest absolute Gasteiger partial charge is 0.253 e. The maximum Gasteiger partial charge on any atom is 0.253 e. The molecule has 1 fully saturated rings. The Bertz CT molecular complexity index is 1220. The van der Waals surface area contributed by atoms with Crippen molar-refractivity contribution in [3.05, 3.63) is 69.9 Å². The molecule has 166 valence electrons. The van der Waals surface area contributed by atoms with Crippen LogP contribution in [-0.4, -0.2) is 32.8 Å². The molecule has 2 aromatic carbocycles. The van der Waals surface area contributed by atoms with Gasteiger partial charge in [-0.1, -0.05) is 30.2 Å². The zero-order valence-corrected chi connectivity index (χ0v) is 18.4. The summed E-state index contributed by atoms with van der Waals surface area (Å²) in [6, 6.07) is 12.4. The Morgan fingerprint density at radius 3 is 2.66 bits per heavy atom. The van der Waals surface area contributed by atoms with Crippen LogP contribution in [0.1, 0.15) is 52.7 Å². The van der Waals surface area contributed by atoms with Crippen LogP contribution in [-0.2, 0) is 19.5 Å². The summed E-state index contributed by atoms with van der Waals surface area (Å²) >= 11 is 6.32. The van der Waals surface area contributed by atoms with Crippen LogP contribution in [0.5, 0.6) is 0 Å². The van der Waals surface area contributed by atoms with Gasteiger partial charge in [0.1, 0.15) is 0 Å². The average Bonchev–Trinajstić information content (AvgIpc) is 3.03. The van der Waals surface area contributed by atoms with Gasteiger partial charge in [0, 0.05) is 51.8 Å². The van der Waals surface area contributed by atoms with Gasteiger partial charge in [-0.2, -0.15) is 0 Å². The van der Waals surface area contributed by atoms with Crippen LogP contribution in [0.2, 0.25) is 5.02 Å². The van der Waals surface area contributed by atoms with Gasteiger partial charge in [-0.15, -0.1) is 0 Å². The highest BCUT2D eigenvalue weighted by atomic mass is 35.5. The molecule has 3 aromatic rings. The number of carbonyl (C=O) groups is 1. The van der Waals surface area contributed by atoms with Crippen molar-refractivity contribution in [3.63, 3.8) is 0 Å². The van der Waals surface area contributed by atoms with E-state index in [0.29, 0.717) is 35.7 Å². The largest absolute Gasteiger partial charge is 0.369 e. The lowest BCUT2D eigenvalue weighted by molar-refractivity contribution is -0.0825. The van der Waals surface area contributed by atoms with Gasteiger partial charge in [-0.05, 0) is 55.2 Å². The number of aliphatic hydroxyl groups is 1. The number of aromatic nitrogens is 1. The fraction of sp³-hybridized carbons (Fsp3) is 0.400. The van der Waals surface area contributed by atoms with Crippen molar-refractivity contribution < 1.29 is 14.3 Å². The molecule has 1 saturated carbocycles. The molecule has 3 aliphatic heterocycles. The second-order valence-corrected chi connectivity index (χ2v) is 9.79. The Morgan fingerprint density at radius 2 is 1.94 bits per heavy atom. The number of carbonyl (C=O) groups excluding carboxylic acids is 1. The predicted molar refractivity (Wildman–Crippen MR) is 121 cm³/mol. The van der Waals surface area contributed by atoms with Gasteiger partial charge in [-0.3, -0.25) is 9.69 Å². The number of hydrogen-bond acceptors (Lipinski definition) is 3. The third kappa shape index (κ3) is 3.08. The van der Waals surface area contributed by atoms with Crippen LogP contribution in [0.15, 0.2) is 42.5 Å². The van der Waals surface area contributed by atoms with Gasteiger partial charge >= 0.3 is 0 Å². The minimum atomic E-state index is -1.39. The fourth-order valence-corrected chi connectivity index (χ4v) is 5.65. The number of benzene rings is 2. The lowest BCUT2D eigenvalue weighted by Gasteiger charge is -2.42. The Morgan fingerprint density at radius 1 is 1.16 bits per heavy atom. The van der Waals surface area contributed by atoms with E-state index in [0.717, 1.165) is 41.4 Å². The first-order valence-corrected chi connectivity index (χ1v) is 11.6. The lowest BCUT2D eigenvalue weighted by Crippen LogP contribution is -2.58. The molecule has 7 heteroatoms. The lowest BCUT2D eigenvalue weighted by atomic mass is 9.77. The van der Waals surface area contributed by atoms with E-state index in [-0.39, 0.29) is 18.4 Å². The van der Waals surface area contributed by atoms with Crippen molar-refractivity contribution in [2.75, 3.05) is 6.54 Å². The Labute approximate surface area is 190 Å². The SMILES string of the molecule is O=C1NC(O)(C2CCC2)Cn2c3c(c4cc(Cl)ccc42)CCN(C3)C(F)c2ccc1cc2. The third-order valence-electron chi connectivity index (χ3n) is 7.53. The monoisotopic (exact) mass is 453 g/mol. The molecule has 4 aliphatic rings. The number of halogens is 2. The molecule has 3 atom stereocenters. The third-order valence-corrected chi connectivity index (χ3v) is 7.76. The molecule has 0 saturated heterocycles. The van der Waals surface area contributed by atoms with E-state index < -0.39 is 12.0 Å². The average molecular weight is 454 g/mol. The maximum absolute atomic E-state index is 15.5. The van der Waals surface area contributed by atoms with E-state index in [1.165, 1.54) is 0 Å². The number of amides is 1. The molecule has 32 heavy (non-hydrogen) atoms. The number of alkyl halides is 1. The van der Waals surface area contributed by atoms with E-state index in [4.69, 9.17) is 11.6 Å². The number of fused-ring (bicyclic) bond motifs is 7. The van der Waals surface area contributed by atoms with E-state index in [9.17, 15) is 9.90 Å². The topological polar surface area (TPSA) is 57.5 Å². The molecule has 2 N–H and O–H groups in total. The van der Waals surface area contributed by atoms with Gasteiger partial charge in [-0.25, -0.2) is 4.39 Å². The number of rotatable bonds is 1. The second-order valence-electron chi connectivity index (χ2n) is 9.36. The summed E-state index contributed by atoms with van der Waals surface area (Å²) in [5.74, 6) is -0.363. The quantitative estimate of drug-likeness (QED) is 0.531. The predicted octanol–water partition coefficient (Wildman–Crippen LogP) is 4.55. The van der Waals surface area contributed by atoms with Crippen LogP contribution in [0, 0.1) is 5.92 Å². The van der Waals surface area contributed by atoms with Crippen molar-refractivity contribution in [1.29, 1.82) is 0 Å². The molecular weight excluding hydrogens is 429 g/mol. The van der Waals surface area contributed by atoms with Gasteiger partial charge in [0.15, 0.2) is 12.0 Å². The Balaban J connectivity index is 1.56. The first-order chi connectivity index (χ1) is 15.4. The zero-order valence-electron chi connectivity index (χ0n) is 17.7. The molecule has 1 aromatic heterocycles. The molecule has 0 radical (unpaired) electrons. The van der Waals surface area contributed by atoms with Crippen LogP contribution in [0.25, 0.3) is 10.9 Å². The summed E-state index contributed by atoms with van der Waals surface area (Å²) in [5, 5.41) is 16.4. The van der Waals surface area contributed by atoms with Crippen LogP contribution < -0.4 is 5.32 Å². The summed E-state index contributed by atoms with van der Waals surface area (Å²) in [7, 11) is 0. The molecule has 5 nitrogen and oxygen atoms in total. The van der Waals surface area contributed by atoms with E-state index in [1.54, 1.807) is 24.3 Å². The standard InChI is InChI=1S/C25H25ClFN3O2/c26-18-8-9-21-20(12-18)19-10-11-29-13-22(19)30(21)14-25(32,17-2-1-3-17)28-24(31)16-6-4-15(5-7-16)23(29)27/h4-9,12,17,23,32H,1-3,10-11,13-14H2,(H,28,31). The van der Waals surface area contributed by atoms with Crippen molar-refractivity contribution >= 4 is 28.4 Å². The van der Waals surface area contributed by atoms with E-state index >= 15 is 4.39 Å². The molecule has 7 rings (SSSR count). The fourth-order valence-electron chi connectivity index (χ4n) is 5.48. The van der Waals surface area contributed by atoms with Gasteiger partial charge in [0.25, 0.3) is 5.91 Å². The molecule has 3 unspecified atom stereocenters. The van der Waals surface area contributed by atoms with Crippen molar-refractivity contribution in [2.45, 2.75) is 50.8 Å². The van der Waals surface area contributed by atoms with Gasteiger partial charge < -0.3 is 15.0 Å². The van der Waals surface area contributed by atoms with Gasteiger partial charge in [0.05, 0.1) is 6.54 Å². The minimum Gasteiger partial charge on any atom is -0.369 e. The molecular formula is C25H25ClFN3O2. The number of nitrogens with one attached hydrogen (secondary N) is 1. The molecule has 0 spiro atoms. The van der Waals surface area contributed by atoms with Crippen LogP contribution >= 0.6 is 11.6 Å². The summed E-state index contributed by atoms with van der Waals surface area (Å²) in [6.07, 6.45) is 2.20. The van der Waals surface area contributed by atoms with Crippen molar-refractivity contribution in [1.82, 2.24) is 14.8 Å². The van der Waals surface area contributed by atoms with Crippen molar-refractivity contribution in [3.8, 4) is 0 Å². The Hall–Kier alpha value is -2.41. The molecule has 1 aliphatic carbocycles. The number of hydrogen-bond donors (Lipinski definition) is 2. The first kappa shape index (κ1) is 20.2. The molecule has 4 heterocycles. The normalized spacial score (nSPS) is 27.9. The van der Waals surface area contributed by atoms with E-state index in [2.05, 4.69) is 9.88 Å². The summed E-state index contributed by atoms with van der Waals surface area (Å²) in [5.41, 5.74) is 2.65. The summed E-state index contributed by atoms with van der Waals surface area (Å²) in [6.45, 7) is 1.24. The molecule has 4 bridgehead atoms. The Kier molecular flexibility index (Phi) is 4.61. The molecule has 1 amide bonds. The number of nitrogens with zero attached hydrogens (tertiary/aromatic N) is 2. The van der Waals surface area contributed by atoms with Crippen LogP contribution in [0.3, 0.4) is 0 Å². The minimum absolute atomic E-state index is 0.0233. The highest BCUT2D eigenvalue weighted by Crippen LogP contribution is 2.40. The van der Waals surface area contributed by atoms with E-state index in [1.807, 2.05) is 23.1 Å². The first-order valence-electron chi connectivity index (χ1n) is 11.3. The summed E-state index contributed by atoms with van der Waals surface area (Å²) < 4.78 is 17.6. The van der Waals surface area contributed by atoms with Crippen LogP contribution in [0.4, 0.5) is 4.39 Å². The highest BCUT2D eigenvalue weighted by Gasteiger charge is 2.43. The zero-order chi connectivity index (χ0) is 22.0.